The summed E-state index contributed by atoms with van der Waals surface area (Å²) >= 11 is 5.75. The molecule has 1 aromatic carbocycles. The molecule has 19 heavy (non-hydrogen) atoms. The predicted molar refractivity (Wildman–Crippen MR) is 70.4 cm³/mol. The van der Waals surface area contributed by atoms with Crippen LogP contribution in [0.2, 0.25) is 5.02 Å². The van der Waals surface area contributed by atoms with Crippen molar-refractivity contribution >= 4 is 17.3 Å². The van der Waals surface area contributed by atoms with Gasteiger partial charge in [-0.2, -0.15) is 0 Å². The molecule has 7 nitrogen and oxygen atoms in total. The van der Waals surface area contributed by atoms with Crippen LogP contribution in [0.15, 0.2) is 24.4 Å². The average molecular weight is 282 g/mol. The largest absolute Gasteiger partial charge is 0.330 e. The van der Waals surface area contributed by atoms with Gasteiger partial charge in [0, 0.05) is 6.07 Å². The van der Waals surface area contributed by atoms with E-state index >= 15 is 0 Å². The minimum atomic E-state index is -0.530. The number of hydrogen-bond acceptors (Lipinski definition) is 5. The molecule has 1 aromatic heterocycles. The number of halogens is 1. The summed E-state index contributed by atoms with van der Waals surface area (Å²) in [5.41, 5.74) is 6.60. The summed E-state index contributed by atoms with van der Waals surface area (Å²) in [5.74, 6) is 0. The smallest absolute Gasteiger partial charge is 0.290 e. The van der Waals surface area contributed by atoms with E-state index in [2.05, 4.69) is 10.3 Å². The quantitative estimate of drug-likeness (QED) is 0.664. The Balaban J connectivity index is 2.29. The maximum Gasteiger partial charge on any atom is 0.290 e. The first-order chi connectivity index (χ1) is 9.11. The zero-order valence-corrected chi connectivity index (χ0v) is 10.7. The fourth-order valence-electron chi connectivity index (χ4n) is 1.61. The first-order valence-corrected chi connectivity index (χ1v) is 6.05. The third-order valence-electron chi connectivity index (χ3n) is 2.57. The second-order valence-electron chi connectivity index (χ2n) is 3.94. The molecule has 0 fully saturated rings. The third kappa shape index (κ3) is 3.07. The maximum atomic E-state index is 10.8. The molecular weight excluding hydrogens is 270 g/mol. The van der Waals surface area contributed by atoms with E-state index in [-0.39, 0.29) is 10.7 Å². The Morgan fingerprint density at radius 2 is 2.26 bits per heavy atom. The SMILES string of the molecule is NCCCc1cn(-c2ccc(Cl)c([N+](=O)[O-])c2)nn1. The van der Waals surface area contributed by atoms with Gasteiger partial charge in [0.2, 0.25) is 0 Å². The Bertz CT molecular complexity index is 599. The van der Waals surface area contributed by atoms with Gasteiger partial charge in [0.15, 0.2) is 0 Å². The maximum absolute atomic E-state index is 10.8. The molecule has 1 heterocycles. The summed E-state index contributed by atoms with van der Waals surface area (Å²) < 4.78 is 1.48. The van der Waals surface area contributed by atoms with Crippen LogP contribution in [0, 0.1) is 10.1 Å². The first-order valence-electron chi connectivity index (χ1n) is 5.67. The molecule has 0 aliphatic rings. The van der Waals surface area contributed by atoms with Gasteiger partial charge >= 0.3 is 0 Å². The van der Waals surface area contributed by atoms with E-state index in [1.165, 1.54) is 16.8 Å². The molecule has 0 bridgehead atoms. The van der Waals surface area contributed by atoms with Crippen LogP contribution in [0.25, 0.3) is 5.69 Å². The van der Waals surface area contributed by atoms with Gasteiger partial charge < -0.3 is 5.73 Å². The van der Waals surface area contributed by atoms with Gasteiger partial charge in [-0.25, -0.2) is 4.68 Å². The monoisotopic (exact) mass is 281 g/mol. The fraction of sp³-hybridized carbons (Fsp3) is 0.273. The fourth-order valence-corrected chi connectivity index (χ4v) is 1.79. The number of hydrogen-bond donors (Lipinski definition) is 1. The molecule has 0 atom stereocenters. The number of rotatable bonds is 5. The van der Waals surface area contributed by atoms with Crippen LogP contribution in [0.1, 0.15) is 12.1 Å². The van der Waals surface area contributed by atoms with Crippen LogP contribution in [-0.2, 0) is 6.42 Å². The summed E-state index contributed by atoms with van der Waals surface area (Å²) in [5, 5.41) is 18.8. The van der Waals surface area contributed by atoms with Crippen molar-refractivity contribution in [3.63, 3.8) is 0 Å². The van der Waals surface area contributed by atoms with Crippen molar-refractivity contribution in [1.82, 2.24) is 15.0 Å². The van der Waals surface area contributed by atoms with Gasteiger partial charge in [0.25, 0.3) is 5.69 Å². The minimum absolute atomic E-state index is 0.0946. The molecule has 0 aliphatic carbocycles. The lowest BCUT2D eigenvalue weighted by atomic mass is 10.2. The molecule has 2 aromatic rings. The lowest BCUT2D eigenvalue weighted by Crippen LogP contribution is -2.00. The van der Waals surface area contributed by atoms with Crippen molar-refractivity contribution in [1.29, 1.82) is 0 Å². The number of nitrogens with two attached hydrogens (primary N) is 1. The molecule has 100 valence electrons. The topological polar surface area (TPSA) is 99.9 Å². The summed E-state index contributed by atoms with van der Waals surface area (Å²) in [6.07, 6.45) is 3.27. The predicted octanol–water partition coefficient (Wildman–Crippen LogP) is 1.72. The van der Waals surface area contributed by atoms with Crippen molar-refractivity contribution in [2.45, 2.75) is 12.8 Å². The van der Waals surface area contributed by atoms with Gasteiger partial charge in [-0.15, -0.1) is 5.10 Å². The molecule has 8 heteroatoms. The average Bonchev–Trinajstić information content (AvgIpc) is 2.85. The Kier molecular flexibility index (Phi) is 4.08. The molecule has 2 rings (SSSR count). The summed E-state index contributed by atoms with van der Waals surface area (Å²) in [6, 6.07) is 4.48. The van der Waals surface area contributed by atoms with Crippen LogP contribution < -0.4 is 5.73 Å². The van der Waals surface area contributed by atoms with E-state index < -0.39 is 4.92 Å². The highest BCUT2D eigenvalue weighted by atomic mass is 35.5. The summed E-state index contributed by atoms with van der Waals surface area (Å²) in [4.78, 5) is 10.3. The van der Waals surface area contributed by atoms with Crippen LogP contribution in [0.5, 0.6) is 0 Å². The molecule has 0 aliphatic heterocycles. The highest BCUT2D eigenvalue weighted by Crippen LogP contribution is 2.26. The molecular formula is C11H12ClN5O2. The second-order valence-corrected chi connectivity index (χ2v) is 4.35. The number of aryl methyl sites for hydroxylation is 1. The van der Waals surface area contributed by atoms with Crippen LogP contribution in [0.3, 0.4) is 0 Å². The zero-order chi connectivity index (χ0) is 13.8. The highest BCUT2D eigenvalue weighted by Gasteiger charge is 2.14. The zero-order valence-electron chi connectivity index (χ0n) is 9.99. The van der Waals surface area contributed by atoms with Gasteiger partial charge in [0.05, 0.1) is 22.5 Å². The molecule has 0 radical (unpaired) electrons. The standard InChI is InChI=1S/C11H12ClN5O2/c12-10-4-3-9(6-11(10)17(18)19)16-7-8(14-15-16)2-1-5-13/h3-4,6-7H,1-2,5,13H2. The van der Waals surface area contributed by atoms with Crippen LogP contribution in [0.4, 0.5) is 5.69 Å². The van der Waals surface area contributed by atoms with Gasteiger partial charge in [-0.05, 0) is 31.5 Å². The molecule has 0 saturated carbocycles. The molecule has 0 amide bonds. The Morgan fingerprint density at radius 1 is 1.47 bits per heavy atom. The molecule has 2 N–H and O–H groups in total. The van der Waals surface area contributed by atoms with E-state index in [0.717, 1.165) is 18.5 Å². The van der Waals surface area contributed by atoms with E-state index in [1.54, 1.807) is 12.3 Å². The molecule has 0 saturated heterocycles. The second kappa shape index (κ2) is 5.77. The van der Waals surface area contributed by atoms with Crippen LogP contribution in [-0.4, -0.2) is 26.5 Å². The van der Waals surface area contributed by atoms with Crippen molar-refractivity contribution in [3.05, 3.63) is 45.2 Å². The van der Waals surface area contributed by atoms with Gasteiger partial charge in [-0.3, -0.25) is 10.1 Å². The van der Waals surface area contributed by atoms with Crippen molar-refractivity contribution in [3.8, 4) is 5.69 Å². The number of nitrogens with zero attached hydrogens (tertiary/aromatic N) is 4. The van der Waals surface area contributed by atoms with E-state index in [0.29, 0.717) is 12.2 Å². The van der Waals surface area contributed by atoms with Crippen molar-refractivity contribution < 1.29 is 4.92 Å². The van der Waals surface area contributed by atoms with E-state index in [1.807, 2.05) is 0 Å². The van der Waals surface area contributed by atoms with Gasteiger partial charge in [-0.1, -0.05) is 16.8 Å². The van der Waals surface area contributed by atoms with Crippen molar-refractivity contribution in [2.75, 3.05) is 6.54 Å². The lowest BCUT2D eigenvalue weighted by Gasteiger charge is -2.01. The number of benzene rings is 1. The number of aromatic nitrogens is 3. The normalized spacial score (nSPS) is 10.6. The Labute approximate surface area is 114 Å². The minimum Gasteiger partial charge on any atom is -0.330 e. The first kappa shape index (κ1) is 13.4. The Morgan fingerprint density at radius 3 is 2.95 bits per heavy atom. The third-order valence-corrected chi connectivity index (χ3v) is 2.89. The number of nitro groups is 1. The van der Waals surface area contributed by atoms with Crippen LogP contribution >= 0.6 is 11.6 Å². The lowest BCUT2D eigenvalue weighted by molar-refractivity contribution is -0.384. The molecule has 0 spiro atoms. The Hall–Kier alpha value is -1.99. The van der Waals surface area contributed by atoms with Crippen molar-refractivity contribution in [2.24, 2.45) is 5.73 Å². The van der Waals surface area contributed by atoms with E-state index in [9.17, 15) is 10.1 Å². The number of nitro benzene ring substituents is 1. The van der Waals surface area contributed by atoms with E-state index in [4.69, 9.17) is 17.3 Å². The summed E-state index contributed by atoms with van der Waals surface area (Å²) in [6.45, 7) is 0.583. The highest BCUT2D eigenvalue weighted by molar-refractivity contribution is 6.32. The molecule has 0 unspecified atom stereocenters. The summed E-state index contributed by atoms with van der Waals surface area (Å²) in [7, 11) is 0. The van der Waals surface area contributed by atoms with Gasteiger partial charge in [0.1, 0.15) is 5.02 Å².